The SMILES string of the molecule is COc1cccc(NS(=O)(=O)c2ccc3c(c2)[C@H]2C=CC[C@H]2[C@@H](c2ccc([N+](=O)[O-])cc2)N3)c1. The lowest BCUT2D eigenvalue weighted by atomic mass is 9.77. The first-order chi connectivity index (χ1) is 16.4. The topological polar surface area (TPSA) is 111 Å². The second kappa shape index (κ2) is 8.49. The molecular weight excluding hydrogens is 454 g/mol. The number of ether oxygens (including phenoxy) is 1. The van der Waals surface area contributed by atoms with Gasteiger partial charge in [-0.25, -0.2) is 8.42 Å². The van der Waals surface area contributed by atoms with Crippen LogP contribution in [0.5, 0.6) is 5.75 Å². The molecule has 3 atom stereocenters. The van der Waals surface area contributed by atoms with E-state index in [4.69, 9.17) is 4.74 Å². The number of rotatable bonds is 6. The van der Waals surface area contributed by atoms with Crippen LogP contribution in [0, 0.1) is 16.0 Å². The number of methoxy groups -OCH3 is 1. The number of benzene rings is 3. The van der Waals surface area contributed by atoms with Crippen molar-refractivity contribution in [2.45, 2.75) is 23.3 Å². The van der Waals surface area contributed by atoms with Crippen molar-refractivity contribution in [3.63, 3.8) is 0 Å². The van der Waals surface area contributed by atoms with Gasteiger partial charge in [0, 0.05) is 29.8 Å². The smallest absolute Gasteiger partial charge is 0.269 e. The minimum absolute atomic E-state index is 0.0364. The fourth-order valence-corrected chi connectivity index (χ4v) is 5.86. The largest absolute Gasteiger partial charge is 0.497 e. The number of nitro groups is 1. The number of hydrogen-bond acceptors (Lipinski definition) is 6. The molecule has 1 heterocycles. The molecule has 9 heteroatoms. The fraction of sp³-hybridized carbons (Fsp3) is 0.200. The zero-order valence-corrected chi connectivity index (χ0v) is 19.2. The van der Waals surface area contributed by atoms with Crippen molar-refractivity contribution < 1.29 is 18.1 Å². The van der Waals surface area contributed by atoms with Gasteiger partial charge in [-0.05, 0) is 53.8 Å². The van der Waals surface area contributed by atoms with Crippen LogP contribution in [0.4, 0.5) is 17.1 Å². The Hall–Kier alpha value is -3.85. The summed E-state index contributed by atoms with van der Waals surface area (Å²) >= 11 is 0. The summed E-state index contributed by atoms with van der Waals surface area (Å²) in [6.07, 6.45) is 5.06. The molecule has 0 radical (unpaired) electrons. The second-order valence-electron chi connectivity index (χ2n) is 8.41. The molecule has 0 amide bonds. The monoisotopic (exact) mass is 477 g/mol. The molecule has 3 aromatic carbocycles. The molecule has 1 aliphatic heterocycles. The molecule has 0 aromatic heterocycles. The Morgan fingerprint density at radius 1 is 1.09 bits per heavy atom. The standard InChI is InChI=1S/C25H23N3O5S/c1-33-19-5-2-4-17(14-19)27-34(31,32)20-12-13-24-23(15-20)21-6-3-7-22(21)25(26-24)16-8-10-18(11-9-16)28(29)30/h2-6,8-15,21-22,25-27H,7H2,1H3/t21-,22+,25+/m0/s1. The van der Waals surface area contributed by atoms with Crippen molar-refractivity contribution in [3.8, 4) is 5.75 Å². The quantitative estimate of drug-likeness (QED) is 0.286. The number of nitrogens with zero attached hydrogens (tertiary/aromatic N) is 1. The van der Waals surface area contributed by atoms with E-state index in [1.807, 2.05) is 0 Å². The molecule has 0 bridgehead atoms. The summed E-state index contributed by atoms with van der Waals surface area (Å²) in [5, 5.41) is 14.5. The number of hydrogen-bond donors (Lipinski definition) is 2. The first kappa shape index (κ1) is 22.0. The average Bonchev–Trinajstić information content (AvgIpc) is 3.33. The lowest BCUT2D eigenvalue weighted by Gasteiger charge is -2.37. The molecule has 0 saturated heterocycles. The Morgan fingerprint density at radius 2 is 1.88 bits per heavy atom. The highest BCUT2D eigenvalue weighted by Crippen LogP contribution is 2.50. The fourth-order valence-electron chi connectivity index (χ4n) is 4.77. The third-order valence-electron chi connectivity index (χ3n) is 6.43. The first-order valence-electron chi connectivity index (χ1n) is 10.8. The number of sulfonamides is 1. The molecule has 5 rings (SSSR count). The van der Waals surface area contributed by atoms with Crippen molar-refractivity contribution >= 4 is 27.1 Å². The van der Waals surface area contributed by atoms with Crippen LogP contribution in [-0.4, -0.2) is 20.5 Å². The van der Waals surface area contributed by atoms with Crippen LogP contribution >= 0.6 is 0 Å². The Bertz CT molecular complexity index is 1390. The third kappa shape index (κ3) is 3.99. The zero-order chi connectivity index (χ0) is 23.9. The van der Waals surface area contributed by atoms with Gasteiger partial charge in [-0.15, -0.1) is 0 Å². The molecule has 0 saturated carbocycles. The van der Waals surface area contributed by atoms with Gasteiger partial charge in [0.2, 0.25) is 0 Å². The summed E-state index contributed by atoms with van der Waals surface area (Å²) < 4.78 is 34.0. The van der Waals surface area contributed by atoms with Gasteiger partial charge in [0.25, 0.3) is 15.7 Å². The summed E-state index contributed by atoms with van der Waals surface area (Å²) in [4.78, 5) is 10.8. The van der Waals surface area contributed by atoms with E-state index < -0.39 is 14.9 Å². The Morgan fingerprint density at radius 3 is 2.62 bits per heavy atom. The van der Waals surface area contributed by atoms with Gasteiger partial charge in [0.15, 0.2) is 0 Å². The highest BCUT2D eigenvalue weighted by Gasteiger charge is 2.38. The average molecular weight is 478 g/mol. The van der Waals surface area contributed by atoms with Gasteiger partial charge in [-0.1, -0.05) is 30.4 Å². The van der Waals surface area contributed by atoms with Crippen LogP contribution in [0.1, 0.15) is 29.5 Å². The van der Waals surface area contributed by atoms with E-state index in [0.717, 1.165) is 23.2 Å². The van der Waals surface area contributed by atoms with Gasteiger partial charge in [0.05, 0.1) is 28.7 Å². The summed E-state index contributed by atoms with van der Waals surface area (Å²) in [6.45, 7) is 0. The van der Waals surface area contributed by atoms with Crippen LogP contribution in [0.25, 0.3) is 0 Å². The number of non-ortho nitro benzene ring substituents is 1. The van der Waals surface area contributed by atoms with E-state index in [-0.39, 0.29) is 28.5 Å². The minimum atomic E-state index is -3.80. The van der Waals surface area contributed by atoms with Crippen LogP contribution in [0.2, 0.25) is 0 Å². The highest BCUT2D eigenvalue weighted by atomic mass is 32.2. The van der Waals surface area contributed by atoms with Gasteiger partial charge < -0.3 is 10.1 Å². The molecular formula is C25H23N3O5S. The number of nitrogens with one attached hydrogen (secondary N) is 2. The summed E-state index contributed by atoms with van der Waals surface area (Å²) in [7, 11) is -2.27. The van der Waals surface area contributed by atoms with Crippen molar-refractivity contribution in [1.29, 1.82) is 0 Å². The maximum absolute atomic E-state index is 13.1. The minimum Gasteiger partial charge on any atom is -0.497 e. The molecule has 174 valence electrons. The van der Waals surface area contributed by atoms with Gasteiger partial charge in [-0.2, -0.15) is 0 Å². The highest BCUT2D eigenvalue weighted by molar-refractivity contribution is 7.92. The van der Waals surface area contributed by atoms with E-state index in [0.29, 0.717) is 11.4 Å². The molecule has 3 aromatic rings. The Kier molecular flexibility index (Phi) is 5.49. The van der Waals surface area contributed by atoms with Crippen molar-refractivity contribution in [2.75, 3.05) is 17.1 Å². The summed E-state index contributed by atoms with van der Waals surface area (Å²) in [5.74, 6) is 0.785. The molecule has 0 fully saturated rings. The van der Waals surface area contributed by atoms with E-state index in [2.05, 4.69) is 22.2 Å². The maximum Gasteiger partial charge on any atom is 0.269 e. The van der Waals surface area contributed by atoms with Crippen LogP contribution < -0.4 is 14.8 Å². The second-order valence-corrected chi connectivity index (χ2v) is 10.1. The molecule has 8 nitrogen and oxygen atoms in total. The zero-order valence-electron chi connectivity index (χ0n) is 18.3. The van der Waals surface area contributed by atoms with Gasteiger partial charge in [-0.3, -0.25) is 14.8 Å². The lowest BCUT2D eigenvalue weighted by Crippen LogP contribution is -2.29. The number of allylic oxidation sites excluding steroid dienone is 2. The van der Waals surface area contributed by atoms with E-state index in [9.17, 15) is 18.5 Å². The maximum atomic E-state index is 13.1. The Labute approximate surface area is 197 Å². The van der Waals surface area contributed by atoms with Crippen LogP contribution in [0.3, 0.4) is 0 Å². The predicted octanol–water partition coefficient (Wildman–Crippen LogP) is 5.23. The summed E-state index contributed by atoms with van der Waals surface area (Å²) in [6, 6.07) is 18.4. The van der Waals surface area contributed by atoms with Gasteiger partial charge >= 0.3 is 0 Å². The molecule has 0 spiro atoms. The van der Waals surface area contributed by atoms with E-state index >= 15 is 0 Å². The van der Waals surface area contributed by atoms with Crippen molar-refractivity contribution in [3.05, 3.63) is 100 Å². The molecule has 0 unspecified atom stereocenters. The lowest BCUT2D eigenvalue weighted by molar-refractivity contribution is -0.384. The van der Waals surface area contributed by atoms with Gasteiger partial charge in [0.1, 0.15) is 5.75 Å². The van der Waals surface area contributed by atoms with Crippen LogP contribution in [-0.2, 0) is 10.0 Å². The van der Waals surface area contributed by atoms with Crippen LogP contribution in [0.15, 0.2) is 83.8 Å². The third-order valence-corrected chi connectivity index (χ3v) is 7.81. The van der Waals surface area contributed by atoms with Crippen molar-refractivity contribution in [1.82, 2.24) is 0 Å². The van der Waals surface area contributed by atoms with Crippen molar-refractivity contribution in [2.24, 2.45) is 5.92 Å². The summed E-state index contributed by atoms with van der Waals surface area (Å²) in [5.41, 5.74) is 3.22. The normalized spacial score (nSPS) is 20.7. The number of nitro benzene ring substituents is 1. The molecule has 1 aliphatic carbocycles. The first-order valence-corrected chi connectivity index (χ1v) is 12.3. The molecule has 34 heavy (non-hydrogen) atoms. The molecule has 2 aliphatic rings. The molecule has 2 N–H and O–H groups in total. The Balaban J connectivity index is 1.45. The predicted molar refractivity (Wildman–Crippen MR) is 130 cm³/mol. The number of fused-ring (bicyclic) bond motifs is 3. The number of anilines is 2. The van der Waals surface area contributed by atoms with E-state index in [1.54, 1.807) is 54.6 Å². The van der Waals surface area contributed by atoms with E-state index in [1.165, 1.54) is 19.2 Å².